The molecule has 0 radical (unpaired) electrons. The van der Waals surface area contributed by atoms with Crippen molar-refractivity contribution in [2.24, 2.45) is 0 Å². The van der Waals surface area contributed by atoms with Gasteiger partial charge in [-0.15, -0.1) is 0 Å². The van der Waals surface area contributed by atoms with Crippen LogP contribution in [0.5, 0.6) is 0 Å². The van der Waals surface area contributed by atoms with Gasteiger partial charge in [-0.25, -0.2) is 4.98 Å². The first kappa shape index (κ1) is 8.23. The molecule has 0 spiro atoms. The smallest absolute Gasteiger partial charge is 0.180 e. The van der Waals surface area contributed by atoms with Crippen LogP contribution in [-0.4, -0.2) is 16.7 Å². The zero-order chi connectivity index (χ0) is 8.10. The summed E-state index contributed by atoms with van der Waals surface area (Å²) in [4.78, 5) is 4.90. The Morgan fingerprint density at radius 3 is 3.09 bits per heavy atom. The number of thiazole rings is 1. The van der Waals surface area contributed by atoms with Crippen molar-refractivity contribution in [3.05, 3.63) is 17.2 Å². The maximum atomic E-state index is 8.46. The number of aliphatic hydroxyl groups excluding tert-OH is 1. The lowest BCUT2D eigenvalue weighted by Gasteiger charge is -1.82. The van der Waals surface area contributed by atoms with E-state index in [2.05, 4.69) is 4.98 Å². The molecule has 0 bridgehead atoms. The van der Waals surface area contributed by atoms with E-state index in [1.165, 1.54) is 11.3 Å². The molecule has 11 heavy (non-hydrogen) atoms. The number of aliphatic hydroxyl groups is 1. The number of hydrogen-bond acceptors (Lipinski definition) is 4. The van der Waals surface area contributed by atoms with E-state index in [4.69, 9.17) is 10.8 Å². The molecule has 0 aliphatic heterocycles. The third-order valence-electron chi connectivity index (χ3n) is 1.12. The average Bonchev–Trinajstić information content (AvgIpc) is 2.37. The van der Waals surface area contributed by atoms with E-state index in [1.54, 1.807) is 6.20 Å². The Morgan fingerprint density at radius 1 is 1.73 bits per heavy atom. The molecular formula is C7H10N2OS. The van der Waals surface area contributed by atoms with Crippen molar-refractivity contribution in [1.29, 1.82) is 0 Å². The standard InChI is InChI=1S/C7H10N2OS/c8-7-9-5-6(11-7)3-1-2-4-10/h1,3,5,10H,2,4H2,(H2,8,9). The number of hydrogen-bond donors (Lipinski definition) is 2. The van der Waals surface area contributed by atoms with E-state index in [9.17, 15) is 0 Å². The molecule has 0 saturated carbocycles. The molecule has 1 aromatic heterocycles. The number of nitrogen functional groups attached to an aromatic ring is 1. The van der Waals surface area contributed by atoms with Gasteiger partial charge in [0.25, 0.3) is 0 Å². The molecule has 0 aliphatic carbocycles. The highest BCUT2D eigenvalue weighted by atomic mass is 32.1. The first-order chi connectivity index (χ1) is 5.33. The number of nitrogens with zero attached hydrogens (tertiary/aromatic N) is 1. The Kier molecular flexibility index (Phi) is 3.07. The maximum Gasteiger partial charge on any atom is 0.180 e. The summed E-state index contributed by atoms with van der Waals surface area (Å²) < 4.78 is 0. The molecular weight excluding hydrogens is 160 g/mol. The molecule has 3 N–H and O–H groups in total. The summed E-state index contributed by atoms with van der Waals surface area (Å²) in [6.07, 6.45) is 6.20. The molecule has 0 unspecified atom stereocenters. The first-order valence-corrected chi connectivity index (χ1v) is 4.13. The highest BCUT2D eigenvalue weighted by Gasteiger charge is 1.91. The largest absolute Gasteiger partial charge is 0.396 e. The zero-order valence-corrected chi connectivity index (χ0v) is 6.84. The molecule has 1 heterocycles. The third kappa shape index (κ3) is 2.69. The van der Waals surface area contributed by atoms with Crippen molar-refractivity contribution in [2.75, 3.05) is 12.3 Å². The number of nitrogens with two attached hydrogens (primary N) is 1. The number of anilines is 1. The van der Waals surface area contributed by atoms with Gasteiger partial charge >= 0.3 is 0 Å². The second-order valence-electron chi connectivity index (χ2n) is 2.02. The zero-order valence-electron chi connectivity index (χ0n) is 6.03. The van der Waals surface area contributed by atoms with Gasteiger partial charge in [0.1, 0.15) is 0 Å². The van der Waals surface area contributed by atoms with E-state index < -0.39 is 0 Å². The van der Waals surface area contributed by atoms with Gasteiger partial charge in [-0.3, -0.25) is 0 Å². The summed E-state index contributed by atoms with van der Waals surface area (Å²) in [6.45, 7) is 0.185. The molecule has 4 heteroatoms. The molecule has 0 saturated heterocycles. The Labute approximate surface area is 69.2 Å². The monoisotopic (exact) mass is 170 g/mol. The lowest BCUT2D eigenvalue weighted by atomic mass is 10.4. The van der Waals surface area contributed by atoms with Crippen molar-refractivity contribution in [1.82, 2.24) is 4.98 Å². The van der Waals surface area contributed by atoms with Gasteiger partial charge in [0.2, 0.25) is 0 Å². The van der Waals surface area contributed by atoms with Crippen molar-refractivity contribution in [3.63, 3.8) is 0 Å². The van der Waals surface area contributed by atoms with Crippen LogP contribution in [0.3, 0.4) is 0 Å². The Balaban J connectivity index is 2.50. The normalized spacial score (nSPS) is 11.0. The van der Waals surface area contributed by atoms with Crippen LogP contribution in [-0.2, 0) is 0 Å². The van der Waals surface area contributed by atoms with Crippen LogP contribution in [0.1, 0.15) is 11.3 Å². The second kappa shape index (κ2) is 4.10. The van der Waals surface area contributed by atoms with Crippen LogP contribution >= 0.6 is 11.3 Å². The van der Waals surface area contributed by atoms with Crippen molar-refractivity contribution >= 4 is 22.5 Å². The molecule has 60 valence electrons. The predicted molar refractivity (Wildman–Crippen MR) is 47.3 cm³/mol. The summed E-state index contributed by atoms with van der Waals surface area (Å²) in [7, 11) is 0. The van der Waals surface area contributed by atoms with Gasteiger partial charge in [0.15, 0.2) is 5.13 Å². The Hall–Kier alpha value is -0.870. The lowest BCUT2D eigenvalue weighted by Crippen LogP contribution is -1.77. The fourth-order valence-corrected chi connectivity index (χ4v) is 1.27. The fraction of sp³-hybridized carbons (Fsp3) is 0.286. The Morgan fingerprint density at radius 2 is 2.55 bits per heavy atom. The topological polar surface area (TPSA) is 59.1 Å². The Bertz CT molecular complexity index is 244. The van der Waals surface area contributed by atoms with E-state index in [0.29, 0.717) is 11.6 Å². The first-order valence-electron chi connectivity index (χ1n) is 3.31. The summed E-state index contributed by atoms with van der Waals surface area (Å²) in [5, 5.41) is 9.04. The number of rotatable bonds is 3. The summed E-state index contributed by atoms with van der Waals surface area (Å²) in [6, 6.07) is 0. The van der Waals surface area contributed by atoms with Gasteiger partial charge in [0, 0.05) is 17.7 Å². The van der Waals surface area contributed by atoms with Gasteiger partial charge in [0.05, 0.1) is 0 Å². The molecule has 0 amide bonds. The maximum absolute atomic E-state index is 8.46. The van der Waals surface area contributed by atoms with E-state index in [0.717, 1.165) is 4.88 Å². The molecule has 0 aromatic carbocycles. The van der Waals surface area contributed by atoms with E-state index in [-0.39, 0.29) is 6.61 Å². The van der Waals surface area contributed by atoms with Crippen LogP contribution in [0, 0.1) is 0 Å². The summed E-state index contributed by atoms with van der Waals surface area (Å²) in [5.74, 6) is 0. The molecule has 0 fully saturated rings. The highest BCUT2D eigenvalue weighted by Crippen LogP contribution is 2.15. The van der Waals surface area contributed by atoms with Gasteiger partial charge < -0.3 is 10.8 Å². The van der Waals surface area contributed by atoms with Crippen molar-refractivity contribution in [2.45, 2.75) is 6.42 Å². The van der Waals surface area contributed by atoms with Crippen LogP contribution in [0.15, 0.2) is 12.3 Å². The average molecular weight is 170 g/mol. The molecule has 1 rings (SSSR count). The van der Waals surface area contributed by atoms with E-state index >= 15 is 0 Å². The van der Waals surface area contributed by atoms with Crippen molar-refractivity contribution < 1.29 is 5.11 Å². The molecule has 0 aliphatic rings. The second-order valence-corrected chi connectivity index (χ2v) is 3.11. The lowest BCUT2D eigenvalue weighted by molar-refractivity contribution is 0.303. The van der Waals surface area contributed by atoms with Gasteiger partial charge in [-0.1, -0.05) is 17.4 Å². The summed E-state index contributed by atoms with van der Waals surface area (Å²) >= 11 is 1.44. The highest BCUT2D eigenvalue weighted by molar-refractivity contribution is 7.16. The van der Waals surface area contributed by atoms with Gasteiger partial charge in [-0.2, -0.15) is 0 Å². The quantitative estimate of drug-likeness (QED) is 0.714. The van der Waals surface area contributed by atoms with Crippen LogP contribution in [0.25, 0.3) is 6.08 Å². The minimum atomic E-state index is 0.185. The summed E-state index contributed by atoms with van der Waals surface area (Å²) in [5.41, 5.74) is 5.41. The minimum Gasteiger partial charge on any atom is -0.396 e. The van der Waals surface area contributed by atoms with Crippen molar-refractivity contribution in [3.8, 4) is 0 Å². The molecule has 3 nitrogen and oxygen atoms in total. The third-order valence-corrected chi connectivity index (χ3v) is 1.91. The van der Waals surface area contributed by atoms with E-state index in [1.807, 2.05) is 12.2 Å². The van der Waals surface area contributed by atoms with Crippen LogP contribution in [0.4, 0.5) is 5.13 Å². The molecule has 0 atom stereocenters. The predicted octanol–water partition coefficient (Wildman–Crippen LogP) is 1.12. The molecule has 1 aromatic rings. The number of aromatic nitrogens is 1. The van der Waals surface area contributed by atoms with Crippen LogP contribution < -0.4 is 5.73 Å². The van der Waals surface area contributed by atoms with Crippen LogP contribution in [0.2, 0.25) is 0 Å². The van der Waals surface area contributed by atoms with Gasteiger partial charge in [-0.05, 0) is 12.5 Å². The minimum absolute atomic E-state index is 0.185. The fourth-order valence-electron chi connectivity index (χ4n) is 0.652. The SMILES string of the molecule is Nc1ncc(C=CCCO)s1.